The molecule has 0 bridgehead atoms. The van der Waals surface area contributed by atoms with Gasteiger partial charge in [0, 0.05) is 25.7 Å². The third-order valence-corrected chi connectivity index (χ3v) is 5.29. The maximum Gasteiger partial charge on any atom is 0.141 e. The van der Waals surface area contributed by atoms with Crippen LogP contribution in [0.2, 0.25) is 0 Å². The second-order valence-corrected chi connectivity index (χ2v) is 7.24. The molecule has 2 N–H and O–H groups in total. The van der Waals surface area contributed by atoms with E-state index in [9.17, 15) is 4.39 Å². The highest BCUT2D eigenvalue weighted by atomic mass is 19.1. The molecule has 0 amide bonds. The molecular formula is C21H22FN3. The molecule has 2 aromatic rings. The Kier molecular flexibility index (Phi) is 4.29. The number of likely N-dealkylation sites (tertiary alicyclic amines) is 1. The Morgan fingerprint density at radius 3 is 2.68 bits per heavy atom. The van der Waals surface area contributed by atoms with Crippen LogP contribution in [-0.4, -0.2) is 24.0 Å². The zero-order valence-corrected chi connectivity index (χ0v) is 14.2. The van der Waals surface area contributed by atoms with E-state index in [0.717, 1.165) is 37.2 Å². The zero-order valence-electron chi connectivity index (χ0n) is 14.2. The molecule has 1 aliphatic heterocycles. The highest BCUT2D eigenvalue weighted by molar-refractivity contribution is 5.71. The van der Waals surface area contributed by atoms with Crippen molar-refractivity contribution < 1.29 is 4.39 Å². The van der Waals surface area contributed by atoms with Crippen molar-refractivity contribution in [1.82, 2.24) is 4.90 Å². The van der Waals surface area contributed by atoms with Crippen LogP contribution >= 0.6 is 0 Å². The largest absolute Gasteiger partial charge is 0.326 e. The van der Waals surface area contributed by atoms with E-state index in [2.05, 4.69) is 23.1 Å². The van der Waals surface area contributed by atoms with Gasteiger partial charge in [0.1, 0.15) is 11.9 Å². The maximum atomic E-state index is 14.1. The molecule has 2 fully saturated rings. The van der Waals surface area contributed by atoms with Crippen LogP contribution in [0.5, 0.6) is 0 Å². The first-order valence-corrected chi connectivity index (χ1v) is 8.95. The monoisotopic (exact) mass is 335 g/mol. The number of nitriles is 1. The van der Waals surface area contributed by atoms with Gasteiger partial charge in [0.15, 0.2) is 0 Å². The van der Waals surface area contributed by atoms with Crippen molar-refractivity contribution in [3.8, 4) is 17.2 Å². The normalized spacial score (nSPS) is 20.6. The maximum absolute atomic E-state index is 14.1. The third kappa shape index (κ3) is 3.30. The number of rotatable bonds is 4. The summed E-state index contributed by atoms with van der Waals surface area (Å²) < 4.78 is 14.1. The fourth-order valence-electron chi connectivity index (χ4n) is 3.88. The van der Waals surface area contributed by atoms with Gasteiger partial charge in [-0.25, -0.2) is 4.39 Å². The summed E-state index contributed by atoms with van der Waals surface area (Å²) in [6.45, 7) is 2.90. The first kappa shape index (κ1) is 16.3. The summed E-state index contributed by atoms with van der Waals surface area (Å²) in [6.07, 6.45) is 3.45. The topological polar surface area (TPSA) is 53.0 Å². The summed E-state index contributed by atoms with van der Waals surface area (Å²) in [4.78, 5) is 2.41. The molecule has 4 heteroatoms. The molecule has 0 spiro atoms. The van der Waals surface area contributed by atoms with Gasteiger partial charge in [-0.15, -0.1) is 0 Å². The minimum Gasteiger partial charge on any atom is -0.326 e. The van der Waals surface area contributed by atoms with Crippen LogP contribution in [0.25, 0.3) is 11.1 Å². The van der Waals surface area contributed by atoms with E-state index in [1.807, 2.05) is 12.1 Å². The SMILES string of the molecule is N#Cc1ccc(-c2cccc(CN3CCC(N)C3)c2C2CC2)cc1F. The van der Waals surface area contributed by atoms with Gasteiger partial charge in [0.2, 0.25) is 0 Å². The van der Waals surface area contributed by atoms with Gasteiger partial charge in [-0.2, -0.15) is 5.26 Å². The number of halogens is 1. The molecule has 1 atom stereocenters. The summed E-state index contributed by atoms with van der Waals surface area (Å²) in [5, 5.41) is 8.95. The van der Waals surface area contributed by atoms with Crippen molar-refractivity contribution in [2.24, 2.45) is 5.73 Å². The Hall–Kier alpha value is -2.22. The Morgan fingerprint density at radius 2 is 2.04 bits per heavy atom. The average molecular weight is 335 g/mol. The average Bonchev–Trinajstić information content (AvgIpc) is 3.37. The van der Waals surface area contributed by atoms with E-state index in [1.54, 1.807) is 6.07 Å². The van der Waals surface area contributed by atoms with Crippen LogP contribution in [0.15, 0.2) is 36.4 Å². The van der Waals surface area contributed by atoms with Gasteiger partial charge in [-0.05, 0) is 59.6 Å². The van der Waals surface area contributed by atoms with Crippen LogP contribution < -0.4 is 5.73 Å². The van der Waals surface area contributed by atoms with Crippen LogP contribution in [0.3, 0.4) is 0 Å². The van der Waals surface area contributed by atoms with Gasteiger partial charge in [0.05, 0.1) is 5.56 Å². The Bertz CT molecular complexity index is 836. The molecule has 2 aliphatic rings. The van der Waals surface area contributed by atoms with E-state index in [0.29, 0.717) is 5.92 Å². The number of hydrogen-bond donors (Lipinski definition) is 1. The molecule has 25 heavy (non-hydrogen) atoms. The van der Waals surface area contributed by atoms with E-state index >= 15 is 0 Å². The van der Waals surface area contributed by atoms with Gasteiger partial charge in [-0.1, -0.05) is 24.3 Å². The van der Waals surface area contributed by atoms with E-state index < -0.39 is 5.82 Å². The molecule has 1 heterocycles. The molecule has 0 radical (unpaired) electrons. The summed E-state index contributed by atoms with van der Waals surface area (Å²) >= 11 is 0. The van der Waals surface area contributed by atoms with Gasteiger partial charge in [-0.3, -0.25) is 4.90 Å². The van der Waals surface area contributed by atoms with Crippen molar-refractivity contribution >= 4 is 0 Å². The molecule has 4 rings (SSSR count). The molecule has 2 aromatic carbocycles. The molecule has 3 nitrogen and oxygen atoms in total. The van der Waals surface area contributed by atoms with Crippen LogP contribution in [0.1, 0.15) is 41.9 Å². The van der Waals surface area contributed by atoms with Gasteiger partial charge >= 0.3 is 0 Å². The number of nitrogens with zero attached hydrogens (tertiary/aromatic N) is 2. The minimum absolute atomic E-state index is 0.0962. The first-order chi connectivity index (χ1) is 12.2. The van der Waals surface area contributed by atoms with Gasteiger partial charge < -0.3 is 5.73 Å². The molecule has 1 aliphatic carbocycles. The second-order valence-electron chi connectivity index (χ2n) is 7.24. The molecule has 128 valence electrons. The van der Waals surface area contributed by atoms with E-state index in [4.69, 9.17) is 11.0 Å². The Labute approximate surface area is 147 Å². The summed E-state index contributed by atoms with van der Waals surface area (Å²) in [7, 11) is 0. The number of benzene rings is 2. The number of hydrogen-bond acceptors (Lipinski definition) is 3. The quantitative estimate of drug-likeness (QED) is 0.925. The predicted molar refractivity (Wildman–Crippen MR) is 96.4 cm³/mol. The van der Waals surface area contributed by atoms with E-state index in [1.165, 1.54) is 30.0 Å². The fourth-order valence-corrected chi connectivity index (χ4v) is 3.88. The molecule has 1 saturated heterocycles. The van der Waals surface area contributed by atoms with Crippen molar-refractivity contribution in [3.05, 3.63) is 58.9 Å². The molecular weight excluding hydrogens is 313 g/mol. The lowest BCUT2D eigenvalue weighted by Gasteiger charge is -2.20. The third-order valence-electron chi connectivity index (χ3n) is 5.29. The van der Waals surface area contributed by atoms with Crippen molar-refractivity contribution in [2.75, 3.05) is 13.1 Å². The smallest absolute Gasteiger partial charge is 0.141 e. The first-order valence-electron chi connectivity index (χ1n) is 8.95. The van der Waals surface area contributed by atoms with Crippen LogP contribution in [-0.2, 0) is 6.54 Å². The Balaban J connectivity index is 1.72. The van der Waals surface area contributed by atoms with Crippen molar-refractivity contribution in [3.63, 3.8) is 0 Å². The van der Waals surface area contributed by atoms with Crippen molar-refractivity contribution in [1.29, 1.82) is 5.26 Å². The second kappa shape index (κ2) is 6.59. The molecule has 1 saturated carbocycles. The Morgan fingerprint density at radius 1 is 1.20 bits per heavy atom. The highest BCUT2D eigenvalue weighted by Crippen LogP contribution is 2.46. The van der Waals surface area contributed by atoms with E-state index in [-0.39, 0.29) is 11.6 Å². The lowest BCUT2D eigenvalue weighted by atomic mass is 9.91. The highest BCUT2D eigenvalue weighted by Gasteiger charge is 2.30. The summed E-state index contributed by atoms with van der Waals surface area (Å²) in [5.74, 6) is 0.124. The van der Waals surface area contributed by atoms with Crippen LogP contribution in [0, 0.1) is 17.1 Å². The predicted octanol–water partition coefficient (Wildman–Crippen LogP) is 3.77. The molecule has 0 aromatic heterocycles. The van der Waals surface area contributed by atoms with Gasteiger partial charge in [0.25, 0.3) is 0 Å². The van der Waals surface area contributed by atoms with Crippen LogP contribution in [0.4, 0.5) is 4.39 Å². The molecule has 1 unspecified atom stereocenters. The zero-order chi connectivity index (χ0) is 17.4. The lowest BCUT2D eigenvalue weighted by molar-refractivity contribution is 0.326. The number of nitrogens with two attached hydrogens (primary N) is 1. The standard InChI is InChI=1S/C21H22FN3/c22-20-10-15(6-7-16(20)11-23)19-3-1-2-17(21(19)14-4-5-14)12-25-9-8-18(24)13-25/h1-3,6-7,10,14,18H,4-5,8-9,12-13,24H2. The fraction of sp³-hybridized carbons (Fsp3) is 0.381. The lowest BCUT2D eigenvalue weighted by Crippen LogP contribution is -2.26. The minimum atomic E-state index is -0.447. The summed E-state index contributed by atoms with van der Waals surface area (Å²) in [5.41, 5.74) is 10.8. The summed E-state index contributed by atoms with van der Waals surface area (Å²) in [6, 6.07) is 13.4. The van der Waals surface area contributed by atoms with Crippen molar-refractivity contribution in [2.45, 2.75) is 37.8 Å².